The van der Waals surface area contributed by atoms with Crippen LogP contribution in [0.3, 0.4) is 0 Å². The number of hydrogen-bond acceptors (Lipinski definition) is 4. The first-order valence-corrected chi connectivity index (χ1v) is 8.80. The summed E-state index contributed by atoms with van der Waals surface area (Å²) in [5.74, 6) is 0.870. The SMILES string of the molecule is CCCCCCCOc1ccc2cc(C(N)(CO)CO)ccc2c1. The van der Waals surface area contributed by atoms with Crippen molar-refractivity contribution in [3.8, 4) is 5.75 Å². The maximum absolute atomic E-state index is 9.42. The molecule has 0 saturated carbocycles. The van der Waals surface area contributed by atoms with E-state index in [0.717, 1.165) is 35.1 Å². The lowest BCUT2D eigenvalue weighted by atomic mass is 9.91. The van der Waals surface area contributed by atoms with E-state index >= 15 is 0 Å². The molecule has 0 fully saturated rings. The summed E-state index contributed by atoms with van der Waals surface area (Å²) in [4.78, 5) is 0. The Balaban J connectivity index is 2.01. The summed E-state index contributed by atoms with van der Waals surface area (Å²) in [5.41, 5.74) is 5.65. The summed E-state index contributed by atoms with van der Waals surface area (Å²) in [5, 5.41) is 20.9. The van der Waals surface area contributed by atoms with Gasteiger partial charge in [0.05, 0.1) is 25.4 Å². The second-order valence-electron chi connectivity index (χ2n) is 6.46. The molecule has 0 aliphatic heterocycles. The number of hydrogen-bond donors (Lipinski definition) is 3. The molecule has 4 N–H and O–H groups in total. The Morgan fingerprint density at radius 3 is 2.29 bits per heavy atom. The van der Waals surface area contributed by atoms with Gasteiger partial charge in [0.15, 0.2) is 0 Å². The van der Waals surface area contributed by atoms with E-state index in [4.69, 9.17) is 10.5 Å². The zero-order chi connectivity index (χ0) is 17.4. The molecule has 24 heavy (non-hydrogen) atoms. The Kier molecular flexibility index (Phi) is 7.03. The van der Waals surface area contributed by atoms with E-state index in [1.165, 1.54) is 25.7 Å². The molecule has 0 aromatic heterocycles. The van der Waals surface area contributed by atoms with E-state index < -0.39 is 5.54 Å². The molecule has 0 bridgehead atoms. The molecule has 0 radical (unpaired) electrons. The lowest BCUT2D eigenvalue weighted by molar-refractivity contribution is 0.121. The normalized spacial score (nSPS) is 11.8. The summed E-state index contributed by atoms with van der Waals surface area (Å²) in [6.45, 7) is 2.36. The molecule has 0 saturated heterocycles. The predicted molar refractivity (Wildman–Crippen MR) is 98.2 cm³/mol. The van der Waals surface area contributed by atoms with Crippen LogP contribution in [-0.2, 0) is 5.54 Å². The average molecular weight is 331 g/mol. The van der Waals surface area contributed by atoms with Crippen LogP contribution < -0.4 is 10.5 Å². The van der Waals surface area contributed by atoms with E-state index in [-0.39, 0.29) is 13.2 Å². The quantitative estimate of drug-likeness (QED) is 0.584. The third-order valence-electron chi connectivity index (χ3n) is 4.47. The van der Waals surface area contributed by atoms with E-state index in [2.05, 4.69) is 6.92 Å². The fourth-order valence-electron chi connectivity index (χ4n) is 2.75. The maximum atomic E-state index is 9.42. The van der Waals surface area contributed by atoms with Crippen molar-refractivity contribution in [2.75, 3.05) is 19.8 Å². The summed E-state index contributed by atoms with van der Waals surface area (Å²) < 4.78 is 5.83. The Morgan fingerprint density at radius 1 is 0.917 bits per heavy atom. The lowest BCUT2D eigenvalue weighted by Gasteiger charge is -2.25. The smallest absolute Gasteiger partial charge is 0.119 e. The third-order valence-corrected chi connectivity index (χ3v) is 4.47. The number of nitrogens with two attached hydrogens (primary N) is 1. The monoisotopic (exact) mass is 331 g/mol. The summed E-state index contributed by atoms with van der Waals surface area (Å²) in [6.07, 6.45) is 6.12. The van der Waals surface area contributed by atoms with Gasteiger partial charge in [-0.3, -0.25) is 0 Å². The maximum Gasteiger partial charge on any atom is 0.119 e. The molecule has 0 unspecified atom stereocenters. The molecule has 2 rings (SSSR count). The Morgan fingerprint density at radius 2 is 1.58 bits per heavy atom. The van der Waals surface area contributed by atoms with E-state index in [9.17, 15) is 10.2 Å². The van der Waals surface area contributed by atoms with Gasteiger partial charge in [0.1, 0.15) is 5.75 Å². The van der Waals surface area contributed by atoms with Crippen LogP contribution in [0.25, 0.3) is 10.8 Å². The van der Waals surface area contributed by atoms with E-state index in [1.807, 2.05) is 36.4 Å². The Hall–Kier alpha value is -1.62. The average Bonchev–Trinajstić information content (AvgIpc) is 2.63. The molecule has 2 aromatic rings. The first kappa shape index (κ1) is 18.7. The van der Waals surface area contributed by atoms with Crippen LogP contribution in [0.1, 0.15) is 44.6 Å². The van der Waals surface area contributed by atoms with Crippen molar-refractivity contribution in [1.82, 2.24) is 0 Å². The predicted octanol–water partition coefficient (Wildman–Crippen LogP) is 3.33. The van der Waals surface area contributed by atoms with Crippen molar-refractivity contribution < 1.29 is 14.9 Å². The second kappa shape index (κ2) is 9.02. The first-order chi connectivity index (χ1) is 11.6. The van der Waals surface area contributed by atoms with Crippen LogP contribution in [0.15, 0.2) is 36.4 Å². The fourth-order valence-corrected chi connectivity index (χ4v) is 2.75. The van der Waals surface area contributed by atoms with Crippen LogP contribution in [0.5, 0.6) is 5.75 Å². The molecule has 0 aliphatic carbocycles. The van der Waals surface area contributed by atoms with Crippen molar-refractivity contribution in [2.45, 2.75) is 44.6 Å². The standard InChI is InChI=1S/C20H29NO3/c1-2-3-4-5-6-11-24-19-10-8-16-12-18(9-7-17(16)13-19)20(21,14-22)15-23/h7-10,12-13,22-23H,2-6,11,14-15,21H2,1H3. The number of benzene rings is 2. The van der Waals surface area contributed by atoms with Gasteiger partial charge in [-0.1, -0.05) is 50.8 Å². The lowest BCUT2D eigenvalue weighted by Crippen LogP contribution is -2.44. The number of fused-ring (bicyclic) bond motifs is 1. The number of aliphatic hydroxyl groups is 2. The van der Waals surface area contributed by atoms with Crippen LogP contribution in [0, 0.1) is 0 Å². The van der Waals surface area contributed by atoms with E-state index in [1.54, 1.807) is 0 Å². The van der Waals surface area contributed by atoms with Crippen LogP contribution in [-0.4, -0.2) is 30.0 Å². The molecule has 0 heterocycles. The third kappa shape index (κ3) is 4.69. The summed E-state index contributed by atoms with van der Waals surface area (Å²) in [7, 11) is 0. The van der Waals surface area contributed by atoms with Crippen molar-refractivity contribution in [3.05, 3.63) is 42.0 Å². The zero-order valence-electron chi connectivity index (χ0n) is 14.5. The van der Waals surface area contributed by atoms with Gasteiger partial charge in [-0.2, -0.15) is 0 Å². The Labute approximate surface area is 144 Å². The highest BCUT2D eigenvalue weighted by atomic mass is 16.5. The van der Waals surface area contributed by atoms with Gasteiger partial charge >= 0.3 is 0 Å². The second-order valence-corrected chi connectivity index (χ2v) is 6.46. The molecule has 0 amide bonds. The van der Waals surface area contributed by atoms with Gasteiger partial charge in [0, 0.05) is 0 Å². The molecule has 0 aliphatic rings. The van der Waals surface area contributed by atoms with Crippen molar-refractivity contribution in [2.24, 2.45) is 5.73 Å². The minimum absolute atomic E-state index is 0.297. The molecule has 0 atom stereocenters. The minimum atomic E-state index is -1.11. The fraction of sp³-hybridized carbons (Fsp3) is 0.500. The zero-order valence-corrected chi connectivity index (χ0v) is 14.5. The highest BCUT2D eigenvalue weighted by molar-refractivity contribution is 5.84. The van der Waals surface area contributed by atoms with Crippen LogP contribution >= 0.6 is 0 Å². The van der Waals surface area contributed by atoms with Crippen LogP contribution in [0.2, 0.25) is 0 Å². The number of rotatable bonds is 10. The van der Waals surface area contributed by atoms with Gasteiger partial charge in [-0.15, -0.1) is 0 Å². The molecule has 132 valence electrons. The number of unbranched alkanes of at least 4 members (excludes halogenated alkanes) is 4. The van der Waals surface area contributed by atoms with Gasteiger partial charge < -0.3 is 20.7 Å². The number of aliphatic hydroxyl groups excluding tert-OH is 2. The Bertz CT molecular complexity index is 638. The van der Waals surface area contributed by atoms with E-state index in [0.29, 0.717) is 0 Å². The van der Waals surface area contributed by atoms with Crippen molar-refractivity contribution >= 4 is 10.8 Å². The van der Waals surface area contributed by atoms with Gasteiger partial charge in [-0.25, -0.2) is 0 Å². The van der Waals surface area contributed by atoms with Gasteiger partial charge in [0.2, 0.25) is 0 Å². The van der Waals surface area contributed by atoms with Crippen molar-refractivity contribution in [1.29, 1.82) is 0 Å². The molecular formula is C20H29NO3. The molecular weight excluding hydrogens is 302 g/mol. The number of ether oxygens (including phenoxy) is 1. The minimum Gasteiger partial charge on any atom is -0.494 e. The topological polar surface area (TPSA) is 75.7 Å². The molecule has 4 nitrogen and oxygen atoms in total. The molecule has 2 aromatic carbocycles. The van der Waals surface area contributed by atoms with Gasteiger partial charge in [0.25, 0.3) is 0 Å². The van der Waals surface area contributed by atoms with Crippen LogP contribution in [0.4, 0.5) is 0 Å². The first-order valence-electron chi connectivity index (χ1n) is 8.80. The van der Waals surface area contributed by atoms with Crippen molar-refractivity contribution in [3.63, 3.8) is 0 Å². The molecule has 0 spiro atoms. The van der Waals surface area contributed by atoms with Gasteiger partial charge in [-0.05, 0) is 41.0 Å². The largest absolute Gasteiger partial charge is 0.494 e. The summed E-state index contributed by atoms with van der Waals surface area (Å²) in [6, 6.07) is 11.7. The summed E-state index contributed by atoms with van der Waals surface area (Å²) >= 11 is 0. The molecule has 4 heteroatoms. The highest BCUT2D eigenvalue weighted by Gasteiger charge is 2.25. The highest BCUT2D eigenvalue weighted by Crippen LogP contribution is 2.26.